The molecular formula is C17H20O3. The molecule has 20 heavy (non-hydrogen) atoms. The van der Waals surface area contributed by atoms with Crippen LogP contribution in [0.1, 0.15) is 49.2 Å². The molecule has 3 nitrogen and oxygen atoms in total. The number of benzene rings is 1. The maximum atomic E-state index is 11.8. The Morgan fingerprint density at radius 1 is 1.25 bits per heavy atom. The number of hydrogen-bond acceptors (Lipinski definition) is 3. The van der Waals surface area contributed by atoms with Crippen LogP contribution in [0, 0.1) is 0 Å². The third-order valence-corrected chi connectivity index (χ3v) is 3.34. The van der Waals surface area contributed by atoms with Crippen molar-refractivity contribution in [3.63, 3.8) is 0 Å². The minimum atomic E-state index is -0.0475. The maximum absolute atomic E-state index is 11.8. The van der Waals surface area contributed by atoms with Crippen LogP contribution >= 0.6 is 0 Å². The number of phenolic OH excluding ortho intramolecular Hbond substituents is 1. The number of carbonyl (C=O) groups excluding carboxylic acids is 1. The second kappa shape index (κ2) is 6.42. The molecular weight excluding hydrogens is 252 g/mol. The van der Waals surface area contributed by atoms with E-state index in [1.165, 1.54) is 6.92 Å². The minimum Gasteiger partial charge on any atom is -0.507 e. The van der Waals surface area contributed by atoms with E-state index in [1.807, 2.05) is 6.07 Å². The van der Waals surface area contributed by atoms with Crippen LogP contribution in [0.25, 0.3) is 11.3 Å². The Labute approximate surface area is 119 Å². The highest BCUT2D eigenvalue weighted by Gasteiger charge is 2.18. The van der Waals surface area contributed by atoms with Gasteiger partial charge in [0.15, 0.2) is 5.78 Å². The molecule has 0 spiro atoms. The fourth-order valence-electron chi connectivity index (χ4n) is 2.24. The highest BCUT2D eigenvalue weighted by atomic mass is 16.3. The lowest BCUT2D eigenvalue weighted by Crippen LogP contribution is -1.91. The van der Waals surface area contributed by atoms with Gasteiger partial charge in [0.1, 0.15) is 17.3 Å². The van der Waals surface area contributed by atoms with Crippen LogP contribution in [0.4, 0.5) is 0 Å². The molecule has 1 aromatic heterocycles. The van der Waals surface area contributed by atoms with Crippen molar-refractivity contribution in [3.8, 4) is 17.1 Å². The Hall–Kier alpha value is -2.03. The predicted octanol–water partition coefficient (Wildman–Crippen LogP) is 4.59. The van der Waals surface area contributed by atoms with Crippen molar-refractivity contribution in [2.24, 2.45) is 0 Å². The van der Waals surface area contributed by atoms with E-state index in [4.69, 9.17) is 4.42 Å². The fraction of sp³-hybridized carbons (Fsp3) is 0.353. The molecule has 0 radical (unpaired) electrons. The lowest BCUT2D eigenvalue weighted by atomic mass is 10.0. The number of aromatic hydroxyl groups is 1. The van der Waals surface area contributed by atoms with E-state index in [2.05, 4.69) is 6.92 Å². The summed E-state index contributed by atoms with van der Waals surface area (Å²) in [6.07, 6.45) is 4.15. The zero-order chi connectivity index (χ0) is 14.5. The van der Waals surface area contributed by atoms with Gasteiger partial charge < -0.3 is 9.52 Å². The van der Waals surface area contributed by atoms with Crippen LogP contribution in [0.3, 0.4) is 0 Å². The third-order valence-electron chi connectivity index (χ3n) is 3.34. The Balaban J connectivity index is 2.36. The van der Waals surface area contributed by atoms with Gasteiger partial charge in [-0.25, -0.2) is 0 Å². The number of carbonyl (C=O) groups is 1. The van der Waals surface area contributed by atoms with Gasteiger partial charge in [-0.1, -0.05) is 31.9 Å². The molecule has 3 heteroatoms. The summed E-state index contributed by atoms with van der Waals surface area (Å²) < 4.78 is 5.81. The number of hydrogen-bond donors (Lipinski definition) is 1. The van der Waals surface area contributed by atoms with E-state index in [1.54, 1.807) is 24.3 Å². The molecule has 106 valence electrons. The number of furan rings is 1. The molecule has 1 aromatic carbocycles. The van der Waals surface area contributed by atoms with Gasteiger partial charge in [-0.05, 0) is 31.5 Å². The Morgan fingerprint density at radius 2 is 2.00 bits per heavy atom. The van der Waals surface area contributed by atoms with Gasteiger partial charge in [0.25, 0.3) is 0 Å². The van der Waals surface area contributed by atoms with Crippen LogP contribution < -0.4 is 0 Å². The molecule has 0 saturated carbocycles. The summed E-state index contributed by atoms with van der Waals surface area (Å²) in [5.41, 5.74) is 1.11. The van der Waals surface area contributed by atoms with Crippen molar-refractivity contribution in [3.05, 3.63) is 41.7 Å². The lowest BCUT2D eigenvalue weighted by Gasteiger charge is -2.02. The average Bonchev–Trinajstić information content (AvgIpc) is 2.84. The second-order valence-electron chi connectivity index (χ2n) is 4.99. The van der Waals surface area contributed by atoms with E-state index in [9.17, 15) is 9.90 Å². The van der Waals surface area contributed by atoms with Crippen LogP contribution in [0.2, 0.25) is 0 Å². The van der Waals surface area contributed by atoms with Gasteiger partial charge >= 0.3 is 0 Å². The summed E-state index contributed by atoms with van der Waals surface area (Å²) in [6.45, 7) is 3.67. The van der Waals surface area contributed by atoms with Gasteiger partial charge in [-0.15, -0.1) is 0 Å². The monoisotopic (exact) mass is 272 g/mol. The summed E-state index contributed by atoms with van der Waals surface area (Å²) in [5, 5.41) is 9.92. The van der Waals surface area contributed by atoms with E-state index < -0.39 is 0 Å². The molecule has 0 atom stereocenters. The Bertz CT molecular complexity index is 596. The van der Waals surface area contributed by atoms with Crippen molar-refractivity contribution < 1.29 is 14.3 Å². The van der Waals surface area contributed by atoms with E-state index in [0.29, 0.717) is 16.9 Å². The van der Waals surface area contributed by atoms with E-state index in [0.717, 1.165) is 31.4 Å². The average molecular weight is 272 g/mol. The first-order valence-corrected chi connectivity index (χ1v) is 7.05. The Kier molecular flexibility index (Phi) is 4.61. The van der Waals surface area contributed by atoms with Crippen molar-refractivity contribution in [2.75, 3.05) is 0 Å². The van der Waals surface area contributed by atoms with Gasteiger partial charge in [0, 0.05) is 6.42 Å². The lowest BCUT2D eigenvalue weighted by molar-refractivity contribution is 0.101. The molecule has 0 aliphatic carbocycles. The topological polar surface area (TPSA) is 50.4 Å². The zero-order valence-electron chi connectivity index (χ0n) is 12.0. The normalized spacial score (nSPS) is 10.7. The van der Waals surface area contributed by atoms with Gasteiger partial charge in [-0.3, -0.25) is 4.79 Å². The molecule has 0 aliphatic rings. The first-order chi connectivity index (χ1) is 9.63. The second-order valence-corrected chi connectivity index (χ2v) is 4.99. The molecule has 2 aromatic rings. The molecule has 1 heterocycles. The highest BCUT2D eigenvalue weighted by Crippen LogP contribution is 2.34. The molecule has 0 aliphatic heterocycles. The summed E-state index contributed by atoms with van der Waals surface area (Å²) in [7, 11) is 0. The summed E-state index contributed by atoms with van der Waals surface area (Å²) >= 11 is 0. The number of aryl methyl sites for hydroxylation is 1. The van der Waals surface area contributed by atoms with Crippen LogP contribution in [-0.4, -0.2) is 10.9 Å². The van der Waals surface area contributed by atoms with Crippen LogP contribution in [-0.2, 0) is 6.42 Å². The molecule has 1 N–H and O–H groups in total. The van der Waals surface area contributed by atoms with E-state index in [-0.39, 0.29) is 11.5 Å². The largest absolute Gasteiger partial charge is 0.507 e. The van der Waals surface area contributed by atoms with Crippen LogP contribution in [0.15, 0.2) is 34.7 Å². The van der Waals surface area contributed by atoms with Gasteiger partial charge in [0.2, 0.25) is 0 Å². The van der Waals surface area contributed by atoms with Gasteiger partial charge in [0.05, 0.1) is 11.1 Å². The number of para-hydroxylation sites is 1. The minimum absolute atomic E-state index is 0.0475. The first-order valence-electron chi connectivity index (χ1n) is 7.05. The van der Waals surface area contributed by atoms with Crippen LogP contribution in [0.5, 0.6) is 5.75 Å². The van der Waals surface area contributed by atoms with Crippen molar-refractivity contribution in [1.82, 2.24) is 0 Å². The standard InChI is InChI=1S/C17H20O3/c1-3-4-5-8-13-11-15(12(2)18)17(20-13)14-9-6-7-10-16(14)19/h6-7,9-11,19H,3-5,8H2,1-2H3. The molecule has 0 amide bonds. The fourth-order valence-corrected chi connectivity index (χ4v) is 2.24. The zero-order valence-corrected chi connectivity index (χ0v) is 12.0. The van der Waals surface area contributed by atoms with E-state index >= 15 is 0 Å². The molecule has 0 saturated heterocycles. The number of unbranched alkanes of at least 4 members (excludes halogenated alkanes) is 2. The third kappa shape index (κ3) is 3.10. The molecule has 0 fully saturated rings. The van der Waals surface area contributed by atoms with Crippen molar-refractivity contribution in [2.45, 2.75) is 39.5 Å². The van der Waals surface area contributed by atoms with Gasteiger partial charge in [-0.2, -0.15) is 0 Å². The summed E-state index contributed by atoms with van der Waals surface area (Å²) in [5.74, 6) is 1.36. The SMILES string of the molecule is CCCCCc1cc(C(C)=O)c(-c2ccccc2O)o1. The molecule has 0 unspecified atom stereocenters. The summed E-state index contributed by atoms with van der Waals surface area (Å²) in [6, 6.07) is 8.73. The predicted molar refractivity (Wildman–Crippen MR) is 79.0 cm³/mol. The number of rotatable bonds is 6. The number of Topliss-reactive ketones (excluding diaryl/α,β-unsaturated/α-hetero) is 1. The molecule has 0 bridgehead atoms. The summed E-state index contributed by atoms with van der Waals surface area (Å²) in [4.78, 5) is 11.8. The van der Waals surface area contributed by atoms with Crippen molar-refractivity contribution in [1.29, 1.82) is 0 Å². The Morgan fingerprint density at radius 3 is 2.65 bits per heavy atom. The van der Waals surface area contributed by atoms with Crippen molar-refractivity contribution >= 4 is 5.78 Å². The number of ketones is 1. The maximum Gasteiger partial charge on any atom is 0.163 e. The highest BCUT2D eigenvalue weighted by molar-refractivity contribution is 6.00. The number of phenols is 1. The molecule has 2 rings (SSSR count). The first kappa shape index (κ1) is 14.4. The quantitative estimate of drug-likeness (QED) is 0.618. The smallest absolute Gasteiger partial charge is 0.163 e.